The summed E-state index contributed by atoms with van der Waals surface area (Å²) >= 11 is 0. The first-order valence-corrected chi connectivity index (χ1v) is 6.49. The average Bonchev–Trinajstić information content (AvgIpc) is 2.88. The minimum Gasteiger partial charge on any atom is -0.368 e. The van der Waals surface area contributed by atoms with Gasteiger partial charge in [0.2, 0.25) is 11.8 Å². The zero-order valence-corrected chi connectivity index (χ0v) is 10.8. The fraction of sp³-hybridized carbons (Fsp3) is 0.429. The summed E-state index contributed by atoms with van der Waals surface area (Å²) in [5.74, 6) is -0.636. The van der Waals surface area contributed by atoms with Gasteiger partial charge in [-0.3, -0.25) is 9.59 Å². The van der Waals surface area contributed by atoms with Crippen LogP contribution in [0, 0.1) is 0 Å². The molecule has 4 N–H and O–H groups in total. The molecule has 1 aliphatic heterocycles. The summed E-state index contributed by atoms with van der Waals surface area (Å²) in [5, 5.41) is 0. The molecule has 2 atom stereocenters. The summed E-state index contributed by atoms with van der Waals surface area (Å²) in [6.45, 7) is 0.564. The van der Waals surface area contributed by atoms with Crippen LogP contribution in [0.2, 0.25) is 0 Å². The Morgan fingerprint density at radius 2 is 2.00 bits per heavy atom. The molecule has 1 aromatic rings. The predicted octanol–water partition coefficient (Wildman–Crippen LogP) is 0.0327. The van der Waals surface area contributed by atoms with E-state index >= 15 is 0 Å². The average molecular weight is 261 g/mol. The zero-order valence-electron chi connectivity index (χ0n) is 10.8. The summed E-state index contributed by atoms with van der Waals surface area (Å²) < 4.78 is 0. The molecule has 0 aliphatic carbocycles. The van der Waals surface area contributed by atoms with Crippen LogP contribution >= 0.6 is 0 Å². The highest BCUT2D eigenvalue weighted by molar-refractivity contribution is 5.89. The van der Waals surface area contributed by atoms with Gasteiger partial charge in [0, 0.05) is 6.54 Å². The van der Waals surface area contributed by atoms with E-state index in [4.69, 9.17) is 11.5 Å². The Labute approximate surface area is 112 Å². The van der Waals surface area contributed by atoms with Gasteiger partial charge in [0.05, 0.1) is 6.04 Å². The third-order valence-electron chi connectivity index (χ3n) is 3.48. The van der Waals surface area contributed by atoms with Crippen LogP contribution in [0.4, 0.5) is 0 Å². The number of carbonyl (C=O) groups is 2. The quantitative estimate of drug-likeness (QED) is 0.801. The Morgan fingerprint density at radius 1 is 1.32 bits per heavy atom. The maximum absolute atomic E-state index is 12.3. The lowest BCUT2D eigenvalue weighted by Crippen LogP contribution is -2.50. The van der Waals surface area contributed by atoms with E-state index in [0.29, 0.717) is 19.4 Å². The van der Waals surface area contributed by atoms with Crippen molar-refractivity contribution in [2.75, 3.05) is 6.54 Å². The van der Waals surface area contributed by atoms with Crippen molar-refractivity contribution in [3.8, 4) is 0 Å². The number of hydrogen-bond donors (Lipinski definition) is 2. The highest BCUT2D eigenvalue weighted by atomic mass is 16.2. The van der Waals surface area contributed by atoms with E-state index in [1.54, 1.807) is 0 Å². The molecule has 1 saturated heterocycles. The van der Waals surface area contributed by atoms with E-state index in [2.05, 4.69) is 0 Å². The number of benzene rings is 1. The van der Waals surface area contributed by atoms with Gasteiger partial charge >= 0.3 is 0 Å². The molecular formula is C14H19N3O2. The van der Waals surface area contributed by atoms with Gasteiger partial charge in [-0.1, -0.05) is 30.3 Å². The van der Waals surface area contributed by atoms with Crippen LogP contribution in [0.25, 0.3) is 0 Å². The van der Waals surface area contributed by atoms with Crippen LogP contribution < -0.4 is 11.5 Å². The fourth-order valence-electron chi connectivity index (χ4n) is 2.49. The summed E-state index contributed by atoms with van der Waals surface area (Å²) in [7, 11) is 0. The van der Waals surface area contributed by atoms with Crippen molar-refractivity contribution < 1.29 is 9.59 Å². The largest absolute Gasteiger partial charge is 0.368 e. The van der Waals surface area contributed by atoms with Crippen molar-refractivity contribution in [2.24, 2.45) is 11.5 Å². The second-order valence-electron chi connectivity index (χ2n) is 4.89. The Kier molecular flexibility index (Phi) is 4.16. The normalized spacial score (nSPS) is 20.3. The van der Waals surface area contributed by atoms with E-state index in [-0.39, 0.29) is 5.91 Å². The van der Waals surface area contributed by atoms with Gasteiger partial charge in [-0.05, 0) is 24.8 Å². The van der Waals surface area contributed by atoms with Crippen LogP contribution in [0.3, 0.4) is 0 Å². The number of carbonyl (C=O) groups excluding carboxylic acids is 2. The third-order valence-corrected chi connectivity index (χ3v) is 3.48. The lowest BCUT2D eigenvalue weighted by atomic mass is 10.1. The summed E-state index contributed by atoms with van der Waals surface area (Å²) in [6, 6.07) is 8.49. The van der Waals surface area contributed by atoms with E-state index < -0.39 is 18.0 Å². The first-order chi connectivity index (χ1) is 9.09. The number of rotatable bonds is 4. The Morgan fingerprint density at radius 3 is 2.63 bits per heavy atom. The Bertz CT molecular complexity index is 461. The van der Waals surface area contributed by atoms with Gasteiger partial charge in [-0.25, -0.2) is 0 Å². The van der Waals surface area contributed by atoms with Crippen LogP contribution in [0.5, 0.6) is 0 Å². The molecule has 102 valence electrons. The topological polar surface area (TPSA) is 89.4 Å². The number of nitrogens with zero attached hydrogens (tertiary/aromatic N) is 1. The van der Waals surface area contributed by atoms with Gasteiger partial charge in [0.15, 0.2) is 0 Å². The van der Waals surface area contributed by atoms with Crippen LogP contribution in [-0.2, 0) is 16.0 Å². The molecule has 1 heterocycles. The Balaban J connectivity index is 2.01. The number of nitrogens with two attached hydrogens (primary N) is 2. The number of amides is 2. The second kappa shape index (κ2) is 5.84. The highest BCUT2D eigenvalue weighted by Crippen LogP contribution is 2.18. The van der Waals surface area contributed by atoms with Crippen molar-refractivity contribution in [3.63, 3.8) is 0 Å². The minimum atomic E-state index is -0.623. The molecule has 2 rings (SSSR count). The van der Waals surface area contributed by atoms with E-state index in [1.165, 1.54) is 4.90 Å². The van der Waals surface area contributed by atoms with E-state index in [9.17, 15) is 9.59 Å². The SMILES string of the molecule is NC(=O)[C@H]1CCCN1C(=O)[C@@H](N)Cc1ccccc1. The predicted molar refractivity (Wildman–Crippen MR) is 72.1 cm³/mol. The van der Waals surface area contributed by atoms with Crippen molar-refractivity contribution in [1.29, 1.82) is 0 Å². The molecule has 5 nitrogen and oxygen atoms in total. The first kappa shape index (κ1) is 13.5. The van der Waals surface area contributed by atoms with E-state index in [1.807, 2.05) is 30.3 Å². The minimum absolute atomic E-state index is 0.190. The molecule has 0 saturated carbocycles. The lowest BCUT2D eigenvalue weighted by molar-refractivity contribution is -0.138. The zero-order chi connectivity index (χ0) is 13.8. The van der Waals surface area contributed by atoms with Crippen LogP contribution in [-0.4, -0.2) is 35.3 Å². The monoisotopic (exact) mass is 261 g/mol. The first-order valence-electron chi connectivity index (χ1n) is 6.49. The molecule has 0 unspecified atom stereocenters. The van der Waals surface area contributed by atoms with Crippen molar-refractivity contribution >= 4 is 11.8 Å². The van der Waals surface area contributed by atoms with Crippen LogP contribution in [0.15, 0.2) is 30.3 Å². The van der Waals surface area contributed by atoms with Crippen molar-refractivity contribution in [3.05, 3.63) is 35.9 Å². The number of primary amides is 1. The lowest BCUT2D eigenvalue weighted by Gasteiger charge is -2.25. The second-order valence-corrected chi connectivity index (χ2v) is 4.89. The molecule has 2 amide bonds. The standard InChI is InChI=1S/C14H19N3O2/c15-11(9-10-5-2-1-3-6-10)14(19)17-8-4-7-12(17)13(16)18/h1-3,5-6,11-12H,4,7-9,15H2,(H2,16,18)/t11-,12+/m0/s1. The molecule has 0 aromatic heterocycles. The van der Waals surface area contributed by atoms with Gasteiger partial charge < -0.3 is 16.4 Å². The molecule has 0 radical (unpaired) electrons. The van der Waals surface area contributed by atoms with Crippen molar-refractivity contribution in [2.45, 2.75) is 31.3 Å². The third kappa shape index (κ3) is 3.12. The maximum Gasteiger partial charge on any atom is 0.240 e. The molecular weight excluding hydrogens is 242 g/mol. The summed E-state index contributed by atoms with van der Waals surface area (Å²) in [5.41, 5.74) is 12.3. The van der Waals surface area contributed by atoms with Crippen LogP contribution in [0.1, 0.15) is 18.4 Å². The van der Waals surface area contributed by atoms with Gasteiger partial charge in [0.25, 0.3) is 0 Å². The molecule has 0 bridgehead atoms. The smallest absolute Gasteiger partial charge is 0.240 e. The Hall–Kier alpha value is -1.88. The van der Waals surface area contributed by atoms with Gasteiger partial charge in [0.1, 0.15) is 6.04 Å². The molecule has 1 aromatic carbocycles. The molecule has 1 aliphatic rings. The fourth-order valence-corrected chi connectivity index (χ4v) is 2.49. The molecule has 19 heavy (non-hydrogen) atoms. The number of likely N-dealkylation sites (tertiary alicyclic amines) is 1. The summed E-state index contributed by atoms with van der Waals surface area (Å²) in [6.07, 6.45) is 1.91. The summed E-state index contributed by atoms with van der Waals surface area (Å²) in [4.78, 5) is 25.1. The highest BCUT2D eigenvalue weighted by Gasteiger charge is 2.34. The van der Waals surface area contributed by atoms with E-state index in [0.717, 1.165) is 12.0 Å². The molecule has 1 fully saturated rings. The maximum atomic E-state index is 12.3. The van der Waals surface area contributed by atoms with Crippen molar-refractivity contribution in [1.82, 2.24) is 4.90 Å². The molecule has 0 spiro atoms. The van der Waals surface area contributed by atoms with Gasteiger partial charge in [-0.2, -0.15) is 0 Å². The molecule has 5 heteroatoms. The van der Waals surface area contributed by atoms with Gasteiger partial charge in [-0.15, -0.1) is 0 Å². The number of hydrogen-bond acceptors (Lipinski definition) is 3.